The minimum Gasteiger partial charge on any atom is -0.478 e. The van der Waals surface area contributed by atoms with Gasteiger partial charge in [-0.3, -0.25) is 4.79 Å². The summed E-state index contributed by atoms with van der Waals surface area (Å²) in [7, 11) is 0. The molecule has 0 saturated carbocycles. The molecule has 0 spiro atoms. The lowest BCUT2D eigenvalue weighted by atomic mass is 9.90. The predicted molar refractivity (Wildman–Crippen MR) is 137 cm³/mol. The third-order valence-corrected chi connectivity index (χ3v) is 6.19. The van der Waals surface area contributed by atoms with E-state index in [9.17, 15) is 32.3 Å². The summed E-state index contributed by atoms with van der Waals surface area (Å²) in [4.78, 5) is 35.4. The van der Waals surface area contributed by atoms with Crippen LogP contribution < -0.4 is 10.2 Å². The van der Waals surface area contributed by atoms with Gasteiger partial charge < -0.3 is 20.4 Å². The van der Waals surface area contributed by atoms with Crippen LogP contribution in [0.25, 0.3) is 0 Å². The fourth-order valence-electron chi connectivity index (χ4n) is 4.19. The van der Waals surface area contributed by atoms with Gasteiger partial charge in [-0.1, -0.05) is 42.5 Å². The second-order valence-electron chi connectivity index (χ2n) is 8.89. The number of carbonyl (C=O) groups excluding carboxylic acids is 1. The lowest BCUT2D eigenvalue weighted by Crippen LogP contribution is -2.34. The summed E-state index contributed by atoms with van der Waals surface area (Å²) in [5, 5.41) is 19.3. The summed E-state index contributed by atoms with van der Waals surface area (Å²) in [5.74, 6) is -4.63. The molecule has 0 aromatic heterocycles. The number of carboxylic acids is 2. The van der Waals surface area contributed by atoms with Crippen molar-refractivity contribution in [3.05, 3.63) is 95.3 Å². The maximum Gasteiger partial charge on any atom is 0.490 e. The maximum atomic E-state index is 13.9. The molecule has 7 nitrogen and oxygen atoms in total. The molecular weight excluding hydrogens is 520 g/mol. The fourth-order valence-corrected chi connectivity index (χ4v) is 4.19. The van der Waals surface area contributed by atoms with Crippen molar-refractivity contribution in [2.45, 2.75) is 25.4 Å². The summed E-state index contributed by atoms with van der Waals surface area (Å²) in [5.41, 5.74) is 2.15. The molecule has 0 atom stereocenters. The van der Waals surface area contributed by atoms with E-state index in [1.54, 1.807) is 24.3 Å². The molecular formula is C28H26F4N2O5. The summed E-state index contributed by atoms with van der Waals surface area (Å²) < 4.78 is 45.6. The van der Waals surface area contributed by atoms with Crippen molar-refractivity contribution in [3.8, 4) is 0 Å². The third kappa shape index (κ3) is 8.29. The van der Waals surface area contributed by atoms with Crippen molar-refractivity contribution in [1.82, 2.24) is 0 Å². The molecule has 1 amide bonds. The fraction of sp³-hybridized carbons (Fsp3) is 0.250. The van der Waals surface area contributed by atoms with Crippen LogP contribution in [0.4, 0.5) is 28.9 Å². The first-order valence-electron chi connectivity index (χ1n) is 12.0. The number of carbonyl (C=O) groups is 3. The van der Waals surface area contributed by atoms with Gasteiger partial charge in [0.15, 0.2) is 0 Å². The highest BCUT2D eigenvalue weighted by Crippen LogP contribution is 2.29. The molecule has 3 aromatic carbocycles. The average molecular weight is 547 g/mol. The quantitative estimate of drug-likeness (QED) is 0.334. The zero-order valence-corrected chi connectivity index (χ0v) is 20.6. The largest absolute Gasteiger partial charge is 0.490 e. The number of nitrogens with one attached hydrogen (secondary N) is 1. The molecule has 3 aromatic rings. The van der Waals surface area contributed by atoms with Gasteiger partial charge in [-0.05, 0) is 61.1 Å². The average Bonchev–Trinajstić information content (AvgIpc) is 2.90. The number of piperidine rings is 1. The highest BCUT2D eigenvalue weighted by atomic mass is 19.4. The number of alkyl halides is 3. The van der Waals surface area contributed by atoms with E-state index in [2.05, 4.69) is 34.5 Å². The standard InChI is InChI=1S/C26H25FN2O3.C2HF3O2/c27-23-9-5-4-8-21(23)25(30)28-24-11-10-20(17-22(24)26(31)32)29-14-12-19(13-15-29)16-18-6-2-1-3-7-18;3-2(4,5)1(6)7/h1-11,17,19H,12-16H2,(H,28,30)(H,31,32);(H,6,7). The Morgan fingerprint density at radius 2 is 1.46 bits per heavy atom. The van der Waals surface area contributed by atoms with E-state index in [4.69, 9.17) is 9.90 Å². The number of aromatic carboxylic acids is 1. The molecule has 1 saturated heterocycles. The lowest BCUT2D eigenvalue weighted by Gasteiger charge is -2.34. The van der Waals surface area contributed by atoms with Gasteiger partial charge in [0.25, 0.3) is 5.91 Å². The molecule has 206 valence electrons. The normalized spacial score (nSPS) is 13.7. The Morgan fingerprint density at radius 3 is 2.03 bits per heavy atom. The van der Waals surface area contributed by atoms with E-state index in [1.165, 1.54) is 23.8 Å². The van der Waals surface area contributed by atoms with Crippen LogP contribution >= 0.6 is 0 Å². The minimum atomic E-state index is -5.08. The Hall–Kier alpha value is -4.41. The number of carboxylic acid groups (broad SMARTS) is 2. The number of amides is 1. The minimum absolute atomic E-state index is 0.0152. The smallest absolute Gasteiger partial charge is 0.478 e. The van der Waals surface area contributed by atoms with Gasteiger partial charge in [0, 0.05) is 18.8 Å². The van der Waals surface area contributed by atoms with E-state index in [-0.39, 0.29) is 16.8 Å². The number of nitrogens with zero attached hydrogens (tertiary/aromatic N) is 1. The van der Waals surface area contributed by atoms with Crippen molar-refractivity contribution in [3.63, 3.8) is 0 Å². The molecule has 1 aliphatic heterocycles. The molecule has 4 rings (SSSR count). The monoisotopic (exact) mass is 546 g/mol. The number of benzene rings is 3. The van der Waals surface area contributed by atoms with E-state index in [0.29, 0.717) is 5.92 Å². The Bertz CT molecular complexity index is 1310. The van der Waals surface area contributed by atoms with Crippen LogP contribution in [0.3, 0.4) is 0 Å². The van der Waals surface area contributed by atoms with Crippen LogP contribution in [0.15, 0.2) is 72.8 Å². The summed E-state index contributed by atoms with van der Waals surface area (Å²) >= 11 is 0. The van der Waals surface area contributed by atoms with Gasteiger partial charge in [-0.25, -0.2) is 14.0 Å². The number of halogens is 4. The predicted octanol–water partition coefficient (Wildman–Crippen LogP) is 5.87. The number of hydrogen-bond donors (Lipinski definition) is 3. The molecule has 0 bridgehead atoms. The topological polar surface area (TPSA) is 107 Å². The van der Waals surface area contributed by atoms with Gasteiger partial charge >= 0.3 is 18.1 Å². The molecule has 0 unspecified atom stereocenters. The van der Waals surface area contributed by atoms with Crippen LogP contribution in [-0.2, 0) is 11.2 Å². The summed E-state index contributed by atoms with van der Waals surface area (Å²) in [6, 6.07) is 21.0. The van der Waals surface area contributed by atoms with Crippen LogP contribution in [0.5, 0.6) is 0 Å². The Labute approximate surface area is 221 Å². The van der Waals surface area contributed by atoms with E-state index in [1.807, 2.05) is 6.07 Å². The van der Waals surface area contributed by atoms with Crippen LogP contribution in [0, 0.1) is 11.7 Å². The first-order valence-corrected chi connectivity index (χ1v) is 12.0. The van der Waals surface area contributed by atoms with Crippen molar-refractivity contribution >= 4 is 29.2 Å². The second kappa shape index (κ2) is 12.9. The maximum absolute atomic E-state index is 13.9. The SMILES string of the molecule is O=C(Nc1ccc(N2CCC(Cc3ccccc3)CC2)cc1C(=O)O)c1ccccc1F.O=C(O)C(F)(F)F. The van der Waals surface area contributed by atoms with Gasteiger partial charge in [-0.15, -0.1) is 0 Å². The summed E-state index contributed by atoms with van der Waals surface area (Å²) in [6.07, 6.45) is -1.97. The van der Waals surface area contributed by atoms with E-state index < -0.39 is 29.8 Å². The van der Waals surface area contributed by atoms with Crippen molar-refractivity contribution in [2.75, 3.05) is 23.3 Å². The van der Waals surface area contributed by atoms with Crippen LogP contribution in [0.2, 0.25) is 0 Å². The molecule has 1 aliphatic rings. The zero-order valence-electron chi connectivity index (χ0n) is 20.6. The molecule has 1 fully saturated rings. The van der Waals surface area contributed by atoms with Crippen molar-refractivity contribution < 1.29 is 42.2 Å². The Balaban J connectivity index is 0.000000532. The van der Waals surface area contributed by atoms with Crippen LogP contribution in [-0.4, -0.2) is 47.3 Å². The zero-order chi connectivity index (χ0) is 28.6. The molecule has 0 radical (unpaired) electrons. The number of rotatable bonds is 6. The summed E-state index contributed by atoms with van der Waals surface area (Å²) in [6.45, 7) is 1.69. The first kappa shape index (κ1) is 29.2. The molecule has 39 heavy (non-hydrogen) atoms. The molecule has 1 heterocycles. The van der Waals surface area contributed by atoms with E-state index >= 15 is 0 Å². The van der Waals surface area contributed by atoms with Crippen LogP contribution in [0.1, 0.15) is 39.1 Å². The number of hydrogen-bond acceptors (Lipinski definition) is 4. The first-order chi connectivity index (χ1) is 18.5. The van der Waals surface area contributed by atoms with Crippen molar-refractivity contribution in [2.24, 2.45) is 5.92 Å². The highest BCUT2D eigenvalue weighted by Gasteiger charge is 2.38. The van der Waals surface area contributed by atoms with E-state index in [0.717, 1.165) is 38.0 Å². The lowest BCUT2D eigenvalue weighted by molar-refractivity contribution is -0.192. The number of anilines is 2. The van der Waals surface area contributed by atoms with Gasteiger partial charge in [0.2, 0.25) is 0 Å². The third-order valence-electron chi connectivity index (χ3n) is 6.19. The Kier molecular flexibility index (Phi) is 9.64. The van der Waals surface area contributed by atoms with Gasteiger partial charge in [0.1, 0.15) is 5.82 Å². The molecule has 0 aliphatic carbocycles. The number of aliphatic carboxylic acids is 1. The van der Waals surface area contributed by atoms with Gasteiger partial charge in [0.05, 0.1) is 16.8 Å². The molecule has 3 N–H and O–H groups in total. The second-order valence-corrected chi connectivity index (χ2v) is 8.89. The highest BCUT2D eigenvalue weighted by molar-refractivity contribution is 6.08. The molecule has 11 heteroatoms. The Morgan fingerprint density at radius 1 is 0.872 bits per heavy atom. The van der Waals surface area contributed by atoms with Gasteiger partial charge in [-0.2, -0.15) is 13.2 Å². The van der Waals surface area contributed by atoms with Crippen molar-refractivity contribution in [1.29, 1.82) is 0 Å².